The highest BCUT2D eigenvalue weighted by molar-refractivity contribution is 6.31. The van der Waals surface area contributed by atoms with Crippen molar-refractivity contribution in [2.24, 2.45) is 0 Å². The minimum atomic E-state index is -0.353. The van der Waals surface area contributed by atoms with Crippen molar-refractivity contribution < 1.29 is 4.39 Å². The number of nitrogens with one attached hydrogen (secondary N) is 2. The molecule has 2 aromatic carbocycles. The van der Waals surface area contributed by atoms with Crippen molar-refractivity contribution in [3.63, 3.8) is 0 Å². The van der Waals surface area contributed by atoms with Gasteiger partial charge in [0.15, 0.2) is 5.65 Å². The van der Waals surface area contributed by atoms with E-state index >= 15 is 0 Å². The van der Waals surface area contributed by atoms with Crippen LogP contribution in [0.25, 0.3) is 22.2 Å². The van der Waals surface area contributed by atoms with Crippen LogP contribution in [0.1, 0.15) is 17.2 Å². The minimum absolute atomic E-state index is 0.228. The fourth-order valence-electron chi connectivity index (χ4n) is 3.49. The zero-order valence-electron chi connectivity index (χ0n) is 12.9. The van der Waals surface area contributed by atoms with Gasteiger partial charge >= 0.3 is 0 Å². The highest BCUT2D eigenvalue weighted by Crippen LogP contribution is 2.44. The molecule has 1 aliphatic rings. The molecule has 0 spiro atoms. The number of para-hydroxylation sites is 1. The number of benzene rings is 2. The van der Waals surface area contributed by atoms with Gasteiger partial charge in [-0.1, -0.05) is 35.9 Å². The molecule has 0 bridgehead atoms. The second-order valence-corrected chi connectivity index (χ2v) is 6.42. The average molecular weight is 351 g/mol. The molecule has 1 unspecified atom stereocenters. The van der Waals surface area contributed by atoms with Crippen LogP contribution in [0.15, 0.2) is 54.9 Å². The van der Waals surface area contributed by atoms with E-state index in [1.165, 1.54) is 12.1 Å². The molecule has 4 nitrogen and oxygen atoms in total. The van der Waals surface area contributed by atoms with E-state index in [9.17, 15) is 4.39 Å². The van der Waals surface area contributed by atoms with E-state index in [4.69, 9.17) is 11.6 Å². The van der Waals surface area contributed by atoms with Crippen LogP contribution in [0.5, 0.6) is 0 Å². The molecular weight excluding hydrogens is 339 g/mol. The first-order valence-corrected chi connectivity index (χ1v) is 8.24. The first-order valence-electron chi connectivity index (χ1n) is 7.86. The molecule has 0 amide bonds. The Labute approximate surface area is 147 Å². The molecule has 4 aromatic rings. The molecule has 25 heavy (non-hydrogen) atoms. The van der Waals surface area contributed by atoms with Gasteiger partial charge in [-0.15, -0.1) is 5.10 Å². The van der Waals surface area contributed by atoms with Crippen molar-refractivity contribution in [1.29, 1.82) is 0 Å². The van der Waals surface area contributed by atoms with Crippen molar-refractivity contribution >= 4 is 28.3 Å². The minimum Gasteiger partial charge on any atom is -0.374 e. The van der Waals surface area contributed by atoms with Gasteiger partial charge in [0.05, 0.1) is 12.2 Å². The monoisotopic (exact) mass is 350 g/mol. The van der Waals surface area contributed by atoms with Gasteiger partial charge in [0.25, 0.3) is 0 Å². The molecule has 0 saturated carbocycles. The molecule has 1 aliphatic heterocycles. The van der Waals surface area contributed by atoms with Crippen LogP contribution in [-0.2, 0) is 0 Å². The molecule has 2 N–H and O–H groups in total. The maximum atomic E-state index is 13.5. The van der Waals surface area contributed by atoms with Crippen molar-refractivity contribution in [2.75, 3.05) is 5.32 Å². The van der Waals surface area contributed by atoms with E-state index in [0.29, 0.717) is 10.7 Å². The van der Waals surface area contributed by atoms with Crippen LogP contribution in [0, 0.1) is 5.82 Å². The Kier molecular flexibility index (Phi) is 3.05. The number of rotatable bonds is 1. The molecular formula is C19H12ClFN4. The number of nitrogens with zero attached hydrogens (tertiary/aromatic N) is 2. The summed E-state index contributed by atoms with van der Waals surface area (Å²) in [6.45, 7) is 0. The van der Waals surface area contributed by atoms with Crippen molar-refractivity contribution in [3.8, 4) is 11.1 Å². The number of halogens is 2. The molecule has 0 saturated heterocycles. The van der Waals surface area contributed by atoms with Crippen molar-refractivity contribution in [3.05, 3.63) is 76.8 Å². The van der Waals surface area contributed by atoms with E-state index in [0.717, 1.165) is 33.3 Å². The fraction of sp³-hybridized carbons (Fsp3) is 0.0526. The summed E-state index contributed by atoms with van der Waals surface area (Å²) in [4.78, 5) is 3.18. The van der Waals surface area contributed by atoms with Gasteiger partial charge < -0.3 is 10.3 Å². The number of H-pyrrole nitrogens is 1. The second kappa shape index (κ2) is 5.29. The zero-order valence-corrected chi connectivity index (χ0v) is 13.7. The van der Waals surface area contributed by atoms with E-state index in [-0.39, 0.29) is 11.9 Å². The number of hydrogen-bond acceptors (Lipinski definition) is 3. The second-order valence-electron chi connectivity index (χ2n) is 6.01. The quantitative estimate of drug-likeness (QED) is 0.511. The van der Waals surface area contributed by atoms with Crippen molar-refractivity contribution in [2.45, 2.75) is 6.04 Å². The number of hydrogen-bond donors (Lipinski definition) is 2. The van der Waals surface area contributed by atoms with Crippen LogP contribution in [0.4, 0.5) is 10.1 Å². The Bertz CT molecular complexity index is 1120. The number of aromatic nitrogens is 3. The predicted molar refractivity (Wildman–Crippen MR) is 96.2 cm³/mol. The van der Waals surface area contributed by atoms with Crippen LogP contribution in [0.3, 0.4) is 0 Å². The van der Waals surface area contributed by atoms with E-state index in [1.54, 1.807) is 12.3 Å². The summed E-state index contributed by atoms with van der Waals surface area (Å²) in [5.74, 6) is -0.353. The van der Waals surface area contributed by atoms with E-state index in [1.807, 2.05) is 30.5 Å². The topological polar surface area (TPSA) is 53.6 Å². The summed E-state index contributed by atoms with van der Waals surface area (Å²) in [5.41, 5.74) is 5.55. The van der Waals surface area contributed by atoms with Gasteiger partial charge in [0.1, 0.15) is 5.82 Å². The molecule has 122 valence electrons. The molecule has 0 radical (unpaired) electrons. The zero-order chi connectivity index (χ0) is 17.0. The van der Waals surface area contributed by atoms with Gasteiger partial charge in [-0.05, 0) is 23.8 Å². The number of anilines is 1. The third-order valence-electron chi connectivity index (χ3n) is 4.61. The Morgan fingerprint density at radius 1 is 1.04 bits per heavy atom. The Hall–Kier alpha value is -2.92. The summed E-state index contributed by atoms with van der Waals surface area (Å²) >= 11 is 6.35. The Balaban J connectivity index is 1.85. The van der Waals surface area contributed by atoms with Gasteiger partial charge in [-0.3, -0.25) is 0 Å². The molecule has 1 atom stereocenters. The first kappa shape index (κ1) is 14.4. The third-order valence-corrected chi connectivity index (χ3v) is 4.93. The third kappa shape index (κ3) is 2.13. The average Bonchev–Trinajstić information content (AvgIpc) is 2.98. The van der Waals surface area contributed by atoms with Gasteiger partial charge in [0, 0.05) is 39.0 Å². The molecule has 5 rings (SSSR count). The lowest BCUT2D eigenvalue weighted by molar-refractivity contribution is 0.627. The molecule has 3 heterocycles. The van der Waals surface area contributed by atoms with Crippen molar-refractivity contribution in [1.82, 2.24) is 15.2 Å². The lowest BCUT2D eigenvalue weighted by Crippen LogP contribution is -2.12. The largest absolute Gasteiger partial charge is 0.374 e. The number of aromatic amines is 1. The normalized spacial score (nSPS) is 15.5. The van der Waals surface area contributed by atoms with Crippen LogP contribution in [-0.4, -0.2) is 15.2 Å². The van der Waals surface area contributed by atoms with E-state index < -0.39 is 0 Å². The maximum Gasteiger partial charge on any atom is 0.160 e. The smallest absolute Gasteiger partial charge is 0.160 e. The maximum absolute atomic E-state index is 13.5. The highest BCUT2D eigenvalue weighted by Gasteiger charge is 2.27. The van der Waals surface area contributed by atoms with Gasteiger partial charge in [0.2, 0.25) is 0 Å². The predicted octanol–water partition coefficient (Wildman–Crippen LogP) is 4.93. The molecule has 2 aromatic heterocycles. The molecule has 0 fully saturated rings. The first-order chi connectivity index (χ1) is 12.2. The summed E-state index contributed by atoms with van der Waals surface area (Å²) in [7, 11) is 0. The molecule has 6 heteroatoms. The lowest BCUT2D eigenvalue weighted by Gasteiger charge is -2.20. The Morgan fingerprint density at radius 3 is 2.80 bits per heavy atom. The van der Waals surface area contributed by atoms with E-state index in [2.05, 4.69) is 20.5 Å². The molecule has 0 aliphatic carbocycles. The summed E-state index contributed by atoms with van der Waals surface area (Å²) in [5, 5.41) is 13.2. The fourth-order valence-corrected chi connectivity index (χ4v) is 3.76. The van der Waals surface area contributed by atoms with Crippen LogP contribution >= 0.6 is 11.6 Å². The summed E-state index contributed by atoms with van der Waals surface area (Å²) in [6.07, 6.45) is 3.68. The lowest BCUT2D eigenvalue weighted by atomic mass is 9.97. The van der Waals surface area contributed by atoms with Crippen LogP contribution < -0.4 is 5.32 Å². The standard InChI is InChI=1S/C19H12ClFN4/c20-15-7-10(21)5-6-12(15)18-14-8-22-19-17(14)13(9-23-25-19)11-3-1-2-4-16(11)24-18/h1-9,18,24H,(H,22,25). The van der Waals surface area contributed by atoms with Gasteiger partial charge in [-0.25, -0.2) is 4.39 Å². The highest BCUT2D eigenvalue weighted by atomic mass is 35.5. The number of fused-ring (bicyclic) bond motifs is 2. The van der Waals surface area contributed by atoms with Crippen LogP contribution in [0.2, 0.25) is 5.02 Å². The summed E-state index contributed by atoms with van der Waals surface area (Å²) in [6, 6.07) is 12.3. The van der Waals surface area contributed by atoms with Gasteiger partial charge in [-0.2, -0.15) is 5.10 Å². The SMILES string of the molecule is Fc1ccc(C2Nc3ccccc3-c3cnnc4[nH]cc2c34)c(Cl)c1. The Morgan fingerprint density at radius 2 is 1.92 bits per heavy atom. The summed E-state index contributed by atoms with van der Waals surface area (Å²) < 4.78 is 13.5.